The van der Waals surface area contributed by atoms with Crippen molar-refractivity contribution in [1.82, 2.24) is 9.55 Å². The van der Waals surface area contributed by atoms with Crippen molar-refractivity contribution in [2.24, 2.45) is 0 Å². The van der Waals surface area contributed by atoms with Crippen LogP contribution in [-0.2, 0) is 0 Å². The zero-order valence-electron chi connectivity index (χ0n) is 21.2. The van der Waals surface area contributed by atoms with E-state index in [2.05, 4.69) is 0 Å². The molecule has 190 valence electrons. The molecule has 0 N–H and O–H groups in total. The lowest BCUT2D eigenvalue weighted by Gasteiger charge is -2.12. The van der Waals surface area contributed by atoms with E-state index < -0.39 is 0 Å². The molecule has 6 aromatic rings. The number of fused-ring (bicyclic) bond motifs is 1. The van der Waals surface area contributed by atoms with E-state index in [1.807, 2.05) is 122 Å². The van der Waals surface area contributed by atoms with Gasteiger partial charge < -0.3 is 0 Å². The quantitative estimate of drug-likeness (QED) is 0.116. The Morgan fingerprint density at radius 1 is 0.769 bits per heavy atom. The number of carbonyl (C=O) groups is 1. The molecule has 0 saturated carbocycles. The van der Waals surface area contributed by atoms with Crippen LogP contribution in [0.3, 0.4) is 0 Å². The molecule has 0 radical (unpaired) electrons. The van der Waals surface area contributed by atoms with Crippen molar-refractivity contribution >= 4 is 39.1 Å². The van der Waals surface area contributed by atoms with Crippen LogP contribution in [0.1, 0.15) is 15.2 Å². The van der Waals surface area contributed by atoms with E-state index in [1.165, 1.54) is 23.1 Å². The van der Waals surface area contributed by atoms with E-state index in [1.54, 1.807) is 4.57 Å². The Balaban J connectivity index is 1.37. The predicted molar refractivity (Wildman–Crippen MR) is 162 cm³/mol. The highest BCUT2D eigenvalue weighted by molar-refractivity contribution is 7.99. The van der Waals surface area contributed by atoms with Gasteiger partial charge in [-0.25, -0.2) is 4.98 Å². The highest BCUT2D eigenvalue weighted by atomic mass is 32.2. The minimum Gasteiger partial charge on any atom is -0.293 e. The molecule has 2 heterocycles. The fraction of sp³-hybridized carbons (Fsp3) is 0.0606. The van der Waals surface area contributed by atoms with Crippen molar-refractivity contribution in [2.75, 3.05) is 5.75 Å². The number of thioether (sulfide) groups is 1. The summed E-state index contributed by atoms with van der Waals surface area (Å²) in [5.41, 5.74) is 5.32. The van der Waals surface area contributed by atoms with Gasteiger partial charge in [0.15, 0.2) is 10.9 Å². The van der Waals surface area contributed by atoms with E-state index >= 15 is 0 Å². The summed E-state index contributed by atoms with van der Waals surface area (Å²) < 4.78 is 1.64. The van der Waals surface area contributed by atoms with Gasteiger partial charge in [0.2, 0.25) is 0 Å². The average Bonchev–Trinajstić information content (AvgIpc) is 3.33. The van der Waals surface area contributed by atoms with Gasteiger partial charge >= 0.3 is 0 Å². The summed E-state index contributed by atoms with van der Waals surface area (Å²) in [6.45, 7) is 2.02. The topological polar surface area (TPSA) is 52.0 Å². The fourth-order valence-corrected chi connectivity index (χ4v) is 6.68. The molecule has 4 nitrogen and oxygen atoms in total. The highest BCUT2D eigenvalue weighted by Gasteiger charge is 2.21. The molecule has 39 heavy (non-hydrogen) atoms. The van der Waals surface area contributed by atoms with Crippen LogP contribution in [0.5, 0.6) is 0 Å². The van der Waals surface area contributed by atoms with E-state index in [0.29, 0.717) is 20.9 Å². The number of ketones is 1. The van der Waals surface area contributed by atoms with Gasteiger partial charge in [0.05, 0.1) is 16.8 Å². The fourth-order valence-electron chi connectivity index (χ4n) is 4.69. The van der Waals surface area contributed by atoms with Gasteiger partial charge in [0, 0.05) is 16.0 Å². The number of para-hydroxylation sites is 1. The Morgan fingerprint density at radius 3 is 1.97 bits per heavy atom. The van der Waals surface area contributed by atoms with E-state index in [9.17, 15) is 9.59 Å². The molecule has 0 aliphatic heterocycles. The number of thiophene rings is 1. The third kappa shape index (κ3) is 4.97. The molecule has 0 saturated heterocycles. The first-order valence-electron chi connectivity index (χ1n) is 12.6. The Labute approximate surface area is 234 Å². The highest BCUT2D eigenvalue weighted by Crippen LogP contribution is 2.37. The molecule has 2 aromatic heterocycles. The van der Waals surface area contributed by atoms with Crippen LogP contribution < -0.4 is 5.56 Å². The van der Waals surface area contributed by atoms with Crippen LogP contribution in [0.15, 0.2) is 125 Å². The maximum Gasteiger partial charge on any atom is 0.268 e. The van der Waals surface area contributed by atoms with Gasteiger partial charge in [0.25, 0.3) is 5.56 Å². The first kappa shape index (κ1) is 25.0. The second-order valence-electron chi connectivity index (χ2n) is 9.11. The molecule has 6 heteroatoms. The molecule has 0 bridgehead atoms. The normalized spacial score (nSPS) is 11.1. The van der Waals surface area contributed by atoms with E-state index in [4.69, 9.17) is 4.98 Å². The Bertz CT molecular complexity index is 1830. The average molecular weight is 545 g/mol. The molecule has 0 aliphatic carbocycles. The molecule has 0 unspecified atom stereocenters. The van der Waals surface area contributed by atoms with Gasteiger partial charge in [-0.05, 0) is 35.7 Å². The minimum atomic E-state index is -0.128. The Hall–Kier alpha value is -4.26. The molecule has 0 spiro atoms. The SMILES string of the molecule is Cc1sc2nc(SCC(=O)c3ccc(-c4ccccc4)cc3)n(-c3ccccc3)c(=O)c2c1-c1ccccc1. The largest absolute Gasteiger partial charge is 0.293 e. The second-order valence-corrected chi connectivity index (χ2v) is 11.3. The number of aryl methyl sites for hydroxylation is 1. The summed E-state index contributed by atoms with van der Waals surface area (Å²) >= 11 is 2.81. The monoisotopic (exact) mass is 544 g/mol. The smallest absolute Gasteiger partial charge is 0.268 e. The summed E-state index contributed by atoms with van der Waals surface area (Å²) in [5, 5.41) is 1.12. The number of nitrogens with zero attached hydrogens (tertiary/aromatic N) is 2. The van der Waals surface area contributed by atoms with Gasteiger partial charge in [-0.2, -0.15) is 0 Å². The van der Waals surface area contributed by atoms with Crippen LogP contribution in [-0.4, -0.2) is 21.1 Å². The van der Waals surface area contributed by atoms with Gasteiger partial charge in [-0.3, -0.25) is 14.2 Å². The summed E-state index contributed by atoms with van der Waals surface area (Å²) in [7, 11) is 0. The lowest BCUT2D eigenvalue weighted by molar-refractivity contribution is 0.102. The van der Waals surface area contributed by atoms with Crippen LogP contribution in [0.2, 0.25) is 0 Å². The number of benzene rings is 4. The molecule has 4 aromatic carbocycles. The number of hydrogen-bond donors (Lipinski definition) is 0. The molecule has 0 amide bonds. The summed E-state index contributed by atoms with van der Waals surface area (Å²) in [5.74, 6) is 0.159. The van der Waals surface area contributed by atoms with Crippen LogP contribution in [0, 0.1) is 6.92 Å². The van der Waals surface area contributed by atoms with Crippen molar-refractivity contribution in [2.45, 2.75) is 12.1 Å². The maximum atomic E-state index is 14.1. The van der Waals surface area contributed by atoms with Crippen molar-refractivity contribution in [1.29, 1.82) is 0 Å². The standard InChI is InChI=1S/C33H24N2O2S2/c1-22-29(26-13-7-3-8-14-26)30-31(39-22)34-33(35(32(30)37)27-15-9-4-10-16-27)38-21-28(36)25-19-17-24(18-20-25)23-11-5-2-6-12-23/h2-20H,21H2,1H3. The number of carbonyl (C=O) groups excluding carboxylic acids is 1. The molecule has 6 rings (SSSR count). The van der Waals surface area contributed by atoms with Gasteiger partial charge in [-0.15, -0.1) is 11.3 Å². The first-order chi connectivity index (χ1) is 19.1. The lowest BCUT2D eigenvalue weighted by atomic mass is 10.0. The number of Topliss-reactive ketones (excluding diaryl/α,β-unsaturated/α-hetero) is 1. The molecule has 0 fully saturated rings. The van der Waals surface area contributed by atoms with Gasteiger partial charge in [-0.1, -0.05) is 115 Å². The lowest BCUT2D eigenvalue weighted by Crippen LogP contribution is -2.22. The van der Waals surface area contributed by atoms with Crippen molar-refractivity contribution in [3.8, 4) is 27.9 Å². The third-order valence-electron chi connectivity index (χ3n) is 6.59. The second kappa shape index (κ2) is 10.8. The Kier molecular flexibility index (Phi) is 6.97. The number of hydrogen-bond acceptors (Lipinski definition) is 5. The number of aromatic nitrogens is 2. The molecule has 0 aliphatic rings. The van der Waals surface area contributed by atoms with Crippen molar-refractivity contribution in [3.05, 3.63) is 136 Å². The molecular weight excluding hydrogens is 521 g/mol. The van der Waals surface area contributed by atoms with Gasteiger partial charge in [0.1, 0.15) is 4.83 Å². The zero-order chi connectivity index (χ0) is 26.8. The molecular formula is C33H24N2O2S2. The predicted octanol–water partition coefficient (Wildman–Crippen LogP) is 8.06. The number of rotatable bonds is 7. The summed E-state index contributed by atoms with van der Waals surface area (Å²) in [6.07, 6.45) is 0. The summed E-state index contributed by atoms with van der Waals surface area (Å²) in [6, 6.07) is 37.2. The summed E-state index contributed by atoms with van der Waals surface area (Å²) in [4.78, 5) is 33.9. The van der Waals surface area contributed by atoms with Crippen LogP contribution in [0.4, 0.5) is 0 Å². The van der Waals surface area contributed by atoms with Crippen molar-refractivity contribution < 1.29 is 4.79 Å². The molecule has 0 atom stereocenters. The van der Waals surface area contributed by atoms with E-state index in [0.717, 1.165) is 32.8 Å². The van der Waals surface area contributed by atoms with Crippen LogP contribution >= 0.6 is 23.1 Å². The Morgan fingerprint density at radius 2 is 1.33 bits per heavy atom. The van der Waals surface area contributed by atoms with Crippen LogP contribution in [0.25, 0.3) is 38.2 Å². The zero-order valence-corrected chi connectivity index (χ0v) is 22.8. The van der Waals surface area contributed by atoms with E-state index in [-0.39, 0.29) is 17.1 Å². The maximum absolute atomic E-state index is 14.1. The third-order valence-corrected chi connectivity index (χ3v) is 8.53. The van der Waals surface area contributed by atoms with Crippen molar-refractivity contribution in [3.63, 3.8) is 0 Å². The first-order valence-corrected chi connectivity index (χ1v) is 14.4. The minimum absolute atomic E-state index is 0.0131.